The zero-order chi connectivity index (χ0) is 25.3. The molecule has 0 saturated heterocycles. The van der Waals surface area contributed by atoms with E-state index in [0.717, 1.165) is 19.2 Å². The number of halogens is 4. The van der Waals surface area contributed by atoms with Gasteiger partial charge in [0.1, 0.15) is 17.3 Å². The Morgan fingerprint density at radius 3 is 2.38 bits per heavy atom. The van der Waals surface area contributed by atoms with Gasteiger partial charge in [-0.15, -0.1) is 0 Å². The SMILES string of the molecule is COC(=O)Oc1ccc2[nH]c(CC(O)(CC(C)(C)c3ccc(F)cc3OC)C(F)(F)F)cc2c1. The molecule has 0 saturated carbocycles. The van der Waals surface area contributed by atoms with Gasteiger partial charge in [0.25, 0.3) is 0 Å². The zero-order valence-electron chi connectivity index (χ0n) is 19.0. The summed E-state index contributed by atoms with van der Waals surface area (Å²) >= 11 is 0. The minimum Gasteiger partial charge on any atom is -0.496 e. The summed E-state index contributed by atoms with van der Waals surface area (Å²) in [6.45, 7) is 3.06. The van der Waals surface area contributed by atoms with Crippen LogP contribution in [-0.2, 0) is 16.6 Å². The van der Waals surface area contributed by atoms with Crippen LogP contribution in [0.3, 0.4) is 0 Å². The normalized spacial score (nSPS) is 14.0. The second kappa shape index (κ2) is 9.17. The third-order valence-electron chi connectivity index (χ3n) is 5.65. The third-order valence-corrected chi connectivity index (χ3v) is 5.65. The predicted octanol–water partition coefficient (Wildman–Crippen LogP) is 5.66. The Balaban J connectivity index is 1.94. The van der Waals surface area contributed by atoms with E-state index in [1.54, 1.807) is 0 Å². The number of hydrogen-bond donors (Lipinski definition) is 2. The van der Waals surface area contributed by atoms with Gasteiger partial charge in [-0.2, -0.15) is 13.2 Å². The first-order valence-corrected chi connectivity index (χ1v) is 10.3. The van der Waals surface area contributed by atoms with E-state index in [-0.39, 0.29) is 17.2 Å². The second-order valence-electron chi connectivity index (χ2n) is 8.71. The molecule has 1 unspecified atom stereocenters. The number of methoxy groups -OCH3 is 2. The number of rotatable bonds is 7. The second-order valence-corrected chi connectivity index (χ2v) is 8.71. The number of carbonyl (C=O) groups is 1. The van der Waals surface area contributed by atoms with E-state index in [0.29, 0.717) is 16.5 Å². The molecule has 2 aromatic carbocycles. The summed E-state index contributed by atoms with van der Waals surface area (Å²) in [5, 5.41) is 11.4. The van der Waals surface area contributed by atoms with Gasteiger partial charge in [0.05, 0.1) is 14.2 Å². The van der Waals surface area contributed by atoms with E-state index in [2.05, 4.69) is 9.72 Å². The van der Waals surface area contributed by atoms with Gasteiger partial charge < -0.3 is 24.3 Å². The van der Waals surface area contributed by atoms with Gasteiger partial charge in [0.2, 0.25) is 0 Å². The summed E-state index contributed by atoms with van der Waals surface area (Å²) < 4.78 is 70.6. The molecule has 3 rings (SSSR count). The molecule has 10 heteroatoms. The van der Waals surface area contributed by atoms with Crippen molar-refractivity contribution in [2.45, 2.75) is 43.9 Å². The molecule has 0 aliphatic carbocycles. The Kier molecular flexibility index (Phi) is 6.84. The molecule has 184 valence electrons. The maximum absolute atomic E-state index is 14.2. The lowest BCUT2D eigenvalue weighted by atomic mass is 9.73. The lowest BCUT2D eigenvalue weighted by Gasteiger charge is -2.38. The summed E-state index contributed by atoms with van der Waals surface area (Å²) in [5.74, 6) is -0.338. The molecule has 0 aliphatic rings. The number of ether oxygens (including phenoxy) is 3. The Labute approximate surface area is 193 Å². The van der Waals surface area contributed by atoms with Gasteiger partial charge >= 0.3 is 12.3 Å². The van der Waals surface area contributed by atoms with E-state index in [4.69, 9.17) is 9.47 Å². The number of alkyl halides is 3. The molecule has 0 fully saturated rings. The van der Waals surface area contributed by atoms with Crippen LogP contribution in [0.15, 0.2) is 42.5 Å². The number of hydrogen-bond acceptors (Lipinski definition) is 5. The van der Waals surface area contributed by atoms with Crippen LogP contribution >= 0.6 is 0 Å². The molecule has 1 heterocycles. The largest absolute Gasteiger partial charge is 0.513 e. The number of aromatic amines is 1. The molecular weight excluding hydrogens is 458 g/mol. The maximum atomic E-state index is 14.2. The number of aliphatic hydroxyl groups is 1. The topological polar surface area (TPSA) is 80.8 Å². The number of aromatic nitrogens is 1. The van der Waals surface area contributed by atoms with Crippen LogP contribution in [0.5, 0.6) is 11.5 Å². The highest BCUT2D eigenvalue weighted by Gasteiger charge is 2.56. The van der Waals surface area contributed by atoms with Gasteiger partial charge in [-0.05, 0) is 42.2 Å². The van der Waals surface area contributed by atoms with Crippen molar-refractivity contribution < 1.29 is 41.7 Å². The van der Waals surface area contributed by atoms with Crippen molar-refractivity contribution >= 4 is 17.1 Å². The molecule has 1 aromatic heterocycles. The number of benzene rings is 2. The van der Waals surface area contributed by atoms with Crippen molar-refractivity contribution in [2.24, 2.45) is 0 Å². The molecule has 0 radical (unpaired) electrons. The summed E-state index contributed by atoms with van der Waals surface area (Å²) in [6.07, 6.45) is -7.36. The van der Waals surface area contributed by atoms with Crippen LogP contribution in [0.2, 0.25) is 0 Å². The molecule has 3 aromatic rings. The lowest BCUT2D eigenvalue weighted by Crippen LogP contribution is -2.51. The van der Waals surface area contributed by atoms with Gasteiger partial charge in [-0.25, -0.2) is 9.18 Å². The molecule has 1 atom stereocenters. The highest BCUT2D eigenvalue weighted by atomic mass is 19.4. The monoisotopic (exact) mass is 483 g/mol. The predicted molar refractivity (Wildman–Crippen MR) is 117 cm³/mol. The summed E-state index contributed by atoms with van der Waals surface area (Å²) in [6, 6.07) is 9.49. The average Bonchev–Trinajstić information content (AvgIpc) is 3.13. The Hall–Kier alpha value is -3.27. The van der Waals surface area contributed by atoms with Crippen molar-refractivity contribution in [3.8, 4) is 11.5 Å². The van der Waals surface area contributed by atoms with Crippen LogP contribution in [-0.4, -0.2) is 42.2 Å². The first-order valence-electron chi connectivity index (χ1n) is 10.3. The molecule has 0 bridgehead atoms. The molecule has 0 amide bonds. The third kappa shape index (κ3) is 5.27. The highest BCUT2D eigenvalue weighted by molar-refractivity contribution is 5.82. The highest BCUT2D eigenvalue weighted by Crippen LogP contribution is 2.45. The Morgan fingerprint density at radius 2 is 1.76 bits per heavy atom. The summed E-state index contributed by atoms with van der Waals surface area (Å²) in [4.78, 5) is 14.2. The van der Waals surface area contributed by atoms with Crippen molar-refractivity contribution in [1.82, 2.24) is 4.98 Å². The van der Waals surface area contributed by atoms with Gasteiger partial charge in [-0.1, -0.05) is 19.9 Å². The molecule has 6 nitrogen and oxygen atoms in total. The molecule has 0 aliphatic heterocycles. The van der Waals surface area contributed by atoms with E-state index < -0.39 is 42.0 Å². The zero-order valence-corrected chi connectivity index (χ0v) is 19.0. The van der Waals surface area contributed by atoms with E-state index in [9.17, 15) is 27.5 Å². The quantitative estimate of drug-likeness (QED) is 0.257. The number of fused-ring (bicyclic) bond motifs is 1. The van der Waals surface area contributed by atoms with Crippen LogP contribution in [0.1, 0.15) is 31.5 Å². The number of carbonyl (C=O) groups excluding carboxylic acids is 1. The van der Waals surface area contributed by atoms with E-state index in [1.165, 1.54) is 51.3 Å². The smallest absolute Gasteiger partial charge is 0.496 e. The van der Waals surface area contributed by atoms with Crippen LogP contribution < -0.4 is 9.47 Å². The molecule has 2 N–H and O–H groups in total. The first kappa shape index (κ1) is 25.4. The Morgan fingerprint density at radius 1 is 1.06 bits per heavy atom. The van der Waals surface area contributed by atoms with Crippen LogP contribution in [0.4, 0.5) is 22.4 Å². The summed E-state index contributed by atoms with van der Waals surface area (Å²) in [7, 11) is 2.45. The van der Waals surface area contributed by atoms with Gasteiger partial charge in [0, 0.05) is 34.6 Å². The fourth-order valence-corrected chi connectivity index (χ4v) is 4.10. The van der Waals surface area contributed by atoms with Gasteiger partial charge in [0.15, 0.2) is 5.60 Å². The molecular formula is C24H25F4NO5. The van der Waals surface area contributed by atoms with E-state index >= 15 is 0 Å². The maximum Gasteiger partial charge on any atom is 0.513 e. The van der Waals surface area contributed by atoms with Crippen molar-refractivity contribution in [2.75, 3.05) is 14.2 Å². The first-order chi connectivity index (χ1) is 15.8. The van der Waals surface area contributed by atoms with Gasteiger partial charge in [-0.3, -0.25) is 0 Å². The fraction of sp³-hybridized carbons (Fsp3) is 0.375. The lowest BCUT2D eigenvalue weighted by molar-refractivity contribution is -0.266. The Bertz CT molecular complexity index is 1190. The number of nitrogens with one attached hydrogen (secondary N) is 1. The molecule has 34 heavy (non-hydrogen) atoms. The van der Waals surface area contributed by atoms with E-state index in [1.807, 2.05) is 0 Å². The minimum absolute atomic E-state index is 0.0956. The van der Waals surface area contributed by atoms with Crippen molar-refractivity contribution in [3.63, 3.8) is 0 Å². The van der Waals surface area contributed by atoms with Crippen molar-refractivity contribution in [3.05, 3.63) is 59.5 Å². The average molecular weight is 483 g/mol. The fourth-order valence-electron chi connectivity index (χ4n) is 4.10. The molecule has 0 spiro atoms. The summed E-state index contributed by atoms with van der Waals surface area (Å²) in [5.41, 5.74) is -3.37. The number of H-pyrrole nitrogens is 1. The standard InChI is InChI=1S/C24H25F4NO5/c1-22(2,18-7-5-15(25)11-20(18)32-3)13-23(31,24(26,27)28)12-16-9-14-10-17(34-21(30)33-4)6-8-19(14)29-16/h5-11,29,31H,12-13H2,1-4H3. The van der Waals surface area contributed by atoms with Crippen LogP contribution in [0.25, 0.3) is 10.9 Å². The minimum atomic E-state index is -4.96. The van der Waals surface area contributed by atoms with Crippen LogP contribution in [0, 0.1) is 5.82 Å². The van der Waals surface area contributed by atoms with Crippen molar-refractivity contribution in [1.29, 1.82) is 0 Å².